The smallest absolute Gasteiger partial charge is 0.253 e. The van der Waals surface area contributed by atoms with Gasteiger partial charge in [-0.2, -0.15) is 5.10 Å². The summed E-state index contributed by atoms with van der Waals surface area (Å²) in [7, 11) is 0. The zero-order chi connectivity index (χ0) is 25.1. The number of nitrogens with zero attached hydrogens (tertiary/aromatic N) is 6. The fourth-order valence-electron chi connectivity index (χ4n) is 4.90. The third-order valence-electron chi connectivity index (χ3n) is 6.97. The Hall–Kier alpha value is -3.74. The second-order valence-corrected chi connectivity index (χ2v) is 9.72. The van der Waals surface area contributed by atoms with Crippen LogP contribution in [0, 0.1) is 6.92 Å². The lowest BCUT2D eigenvalue weighted by molar-refractivity contribution is 0.0767. The van der Waals surface area contributed by atoms with E-state index in [1.54, 1.807) is 0 Å². The van der Waals surface area contributed by atoms with Crippen LogP contribution in [0.15, 0.2) is 60.8 Å². The molecule has 3 heterocycles. The van der Waals surface area contributed by atoms with E-state index in [-0.39, 0.29) is 11.8 Å². The van der Waals surface area contributed by atoms with Gasteiger partial charge in [-0.1, -0.05) is 56.2 Å². The number of aromatic nitrogens is 4. The molecule has 1 unspecified atom stereocenters. The number of hydrogen-bond acceptors (Lipinski definition) is 5. The first-order chi connectivity index (χ1) is 17.5. The monoisotopic (exact) mass is 482 g/mol. The van der Waals surface area contributed by atoms with Crippen molar-refractivity contribution in [3.05, 3.63) is 77.7 Å². The minimum atomic E-state index is 0.0961. The zero-order valence-electron chi connectivity index (χ0n) is 21.4. The van der Waals surface area contributed by atoms with Gasteiger partial charge in [-0.3, -0.25) is 4.79 Å². The quantitative estimate of drug-likeness (QED) is 0.369. The van der Waals surface area contributed by atoms with Crippen molar-refractivity contribution in [3.63, 3.8) is 0 Å². The molecule has 1 aliphatic heterocycles. The van der Waals surface area contributed by atoms with Crippen LogP contribution in [0.1, 0.15) is 60.8 Å². The Morgan fingerprint density at radius 2 is 1.75 bits per heavy atom. The van der Waals surface area contributed by atoms with Crippen molar-refractivity contribution in [2.45, 2.75) is 46.0 Å². The highest BCUT2D eigenvalue weighted by molar-refractivity contribution is 5.94. The van der Waals surface area contributed by atoms with Gasteiger partial charge in [-0.15, -0.1) is 0 Å². The summed E-state index contributed by atoms with van der Waals surface area (Å²) in [5, 5.41) is 5.65. The molecule has 7 nitrogen and oxygen atoms in total. The van der Waals surface area contributed by atoms with Gasteiger partial charge >= 0.3 is 0 Å². The maximum atomic E-state index is 13.2. The van der Waals surface area contributed by atoms with Crippen molar-refractivity contribution in [2.24, 2.45) is 0 Å². The Morgan fingerprint density at radius 1 is 0.972 bits per heavy atom. The van der Waals surface area contributed by atoms with Crippen LogP contribution in [-0.4, -0.2) is 56.7 Å². The van der Waals surface area contributed by atoms with Gasteiger partial charge < -0.3 is 9.80 Å². The lowest BCUT2D eigenvalue weighted by atomic mass is 10.1. The molecular formula is C29H34N6O. The number of anilines is 1. The minimum Gasteiger partial charge on any atom is -0.354 e. The van der Waals surface area contributed by atoms with Gasteiger partial charge in [0.05, 0.1) is 17.3 Å². The Labute approximate surface area is 212 Å². The molecule has 0 aliphatic carbocycles. The predicted octanol–water partition coefficient (Wildman–Crippen LogP) is 5.38. The summed E-state index contributed by atoms with van der Waals surface area (Å²) in [6.07, 6.45) is 4.88. The second kappa shape index (κ2) is 10.5. The number of fused-ring (bicyclic) bond motifs is 1. The van der Waals surface area contributed by atoms with Crippen LogP contribution < -0.4 is 4.90 Å². The predicted molar refractivity (Wildman–Crippen MR) is 144 cm³/mol. The van der Waals surface area contributed by atoms with E-state index < -0.39 is 0 Å². The third-order valence-corrected chi connectivity index (χ3v) is 6.97. The molecule has 186 valence electrons. The molecule has 0 bridgehead atoms. The SMILES string of the molecule is CCCC(C)c1nc(N2CCCN(C(=O)c3ccc(C)cc3)CC2)c2cnn(-c3ccccc3)c2n1. The van der Waals surface area contributed by atoms with E-state index in [9.17, 15) is 4.79 Å². The van der Waals surface area contributed by atoms with Gasteiger partial charge in [0.1, 0.15) is 11.6 Å². The van der Waals surface area contributed by atoms with Crippen LogP contribution >= 0.6 is 0 Å². The zero-order valence-corrected chi connectivity index (χ0v) is 21.4. The molecule has 2 aromatic carbocycles. The van der Waals surface area contributed by atoms with Gasteiger partial charge in [0, 0.05) is 37.7 Å². The van der Waals surface area contributed by atoms with Crippen molar-refractivity contribution >= 4 is 22.8 Å². The second-order valence-electron chi connectivity index (χ2n) is 9.72. The van der Waals surface area contributed by atoms with E-state index in [1.807, 2.05) is 77.3 Å². The molecule has 0 N–H and O–H groups in total. The van der Waals surface area contributed by atoms with Gasteiger partial charge in [-0.25, -0.2) is 14.6 Å². The largest absolute Gasteiger partial charge is 0.354 e. The number of amides is 1. The fourth-order valence-corrected chi connectivity index (χ4v) is 4.90. The highest BCUT2D eigenvalue weighted by Gasteiger charge is 2.25. The first kappa shape index (κ1) is 24.0. The number of carbonyl (C=O) groups is 1. The third kappa shape index (κ3) is 4.83. The van der Waals surface area contributed by atoms with Crippen LogP contribution in [-0.2, 0) is 0 Å². The average molecular weight is 483 g/mol. The highest BCUT2D eigenvalue weighted by Crippen LogP contribution is 2.30. The Kier molecular flexibility index (Phi) is 6.98. The fraction of sp³-hybridized carbons (Fsp3) is 0.379. The molecule has 0 saturated carbocycles. The Balaban J connectivity index is 1.47. The summed E-state index contributed by atoms with van der Waals surface area (Å²) in [6.45, 7) is 9.38. The number of para-hydroxylation sites is 1. The summed E-state index contributed by atoms with van der Waals surface area (Å²) >= 11 is 0. The first-order valence-corrected chi connectivity index (χ1v) is 13.0. The lowest BCUT2D eigenvalue weighted by Crippen LogP contribution is -2.35. The molecule has 5 rings (SSSR count). The van der Waals surface area contributed by atoms with Crippen molar-refractivity contribution in [3.8, 4) is 5.69 Å². The summed E-state index contributed by atoms with van der Waals surface area (Å²) in [4.78, 5) is 27.5. The summed E-state index contributed by atoms with van der Waals surface area (Å²) in [5.41, 5.74) is 3.72. The van der Waals surface area contributed by atoms with E-state index in [1.165, 1.54) is 0 Å². The first-order valence-electron chi connectivity index (χ1n) is 13.0. The molecule has 1 saturated heterocycles. The maximum Gasteiger partial charge on any atom is 0.253 e. The molecule has 1 fully saturated rings. The molecule has 1 atom stereocenters. The van der Waals surface area contributed by atoms with E-state index >= 15 is 0 Å². The van der Waals surface area contributed by atoms with Gasteiger partial charge in [-0.05, 0) is 44.0 Å². The maximum absolute atomic E-state index is 13.2. The Bertz CT molecular complexity index is 1330. The number of benzene rings is 2. The molecule has 7 heteroatoms. The molecule has 0 radical (unpaired) electrons. The molecule has 1 amide bonds. The van der Waals surface area contributed by atoms with Crippen molar-refractivity contribution in [1.29, 1.82) is 0 Å². The molecule has 2 aromatic heterocycles. The summed E-state index contributed by atoms with van der Waals surface area (Å²) < 4.78 is 1.91. The van der Waals surface area contributed by atoms with Crippen molar-refractivity contribution in [1.82, 2.24) is 24.6 Å². The van der Waals surface area contributed by atoms with Gasteiger partial charge in [0.15, 0.2) is 5.65 Å². The average Bonchev–Trinajstić information content (AvgIpc) is 3.18. The van der Waals surface area contributed by atoms with E-state index in [0.29, 0.717) is 6.54 Å². The number of rotatable bonds is 6. The molecule has 36 heavy (non-hydrogen) atoms. The van der Waals surface area contributed by atoms with Crippen molar-refractivity contribution < 1.29 is 4.79 Å². The minimum absolute atomic E-state index is 0.0961. The van der Waals surface area contributed by atoms with Crippen LogP contribution in [0.3, 0.4) is 0 Å². The molecule has 4 aromatic rings. The summed E-state index contributed by atoms with van der Waals surface area (Å²) in [6, 6.07) is 18.0. The van der Waals surface area contributed by atoms with Crippen LogP contribution in [0.2, 0.25) is 0 Å². The van der Waals surface area contributed by atoms with Crippen LogP contribution in [0.4, 0.5) is 5.82 Å². The van der Waals surface area contributed by atoms with Gasteiger partial charge in [0.2, 0.25) is 0 Å². The van der Waals surface area contributed by atoms with E-state index in [0.717, 1.165) is 78.4 Å². The number of hydrogen-bond donors (Lipinski definition) is 0. The number of carbonyl (C=O) groups excluding carboxylic acids is 1. The van der Waals surface area contributed by atoms with E-state index in [2.05, 4.69) is 18.7 Å². The molecule has 0 spiro atoms. The molecule has 1 aliphatic rings. The van der Waals surface area contributed by atoms with Crippen LogP contribution in [0.5, 0.6) is 0 Å². The number of aryl methyl sites for hydroxylation is 1. The van der Waals surface area contributed by atoms with Crippen molar-refractivity contribution in [2.75, 3.05) is 31.1 Å². The van der Waals surface area contributed by atoms with E-state index in [4.69, 9.17) is 15.1 Å². The Morgan fingerprint density at radius 3 is 2.50 bits per heavy atom. The summed E-state index contributed by atoms with van der Waals surface area (Å²) in [5.74, 6) is 2.13. The van der Waals surface area contributed by atoms with Crippen LogP contribution in [0.25, 0.3) is 16.7 Å². The highest BCUT2D eigenvalue weighted by atomic mass is 16.2. The normalized spacial score (nSPS) is 15.2. The standard InChI is InChI=1S/C29H34N6O/c1-4-9-22(3)26-31-27(25-20-30-35(28(25)32-26)24-10-6-5-7-11-24)33-16-8-17-34(19-18-33)29(36)23-14-12-21(2)13-15-23/h5-7,10-15,20,22H,4,8-9,16-19H2,1-3H3. The lowest BCUT2D eigenvalue weighted by Gasteiger charge is -2.24. The topological polar surface area (TPSA) is 67.2 Å². The van der Waals surface area contributed by atoms with Gasteiger partial charge in [0.25, 0.3) is 5.91 Å². The molecular weight excluding hydrogens is 448 g/mol.